The van der Waals surface area contributed by atoms with Crippen LogP contribution >= 0.6 is 0 Å². The average Bonchev–Trinajstić information content (AvgIpc) is 3.32. The number of nitrogens with zero attached hydrogens (tertiary/aromatic N) is 3. The largest absolute Gasteiger partial charge is 0.494 e. The molecule has 1 heterocycles. The number of esters is 2. The summed E-state index contributed by atoms with van der Waals surface area (Å²) in [5, 5.41) is 21.5. The van der Waals surface area contributed by atoms with E-state index in [0.29, 0.717) is 25.1 Å². The Morgan fingerprint density at radius 3 is 2.38 bits per heavy atom. The van der Waals surface area contributed by atoms with Crippen molar-refractivity contribution in [3.63, 3.8) is 0 Å². The smallest absolute Gasteiger partial charge is 0.320 e. The monoisotopic (exact) mass is 464 g/mol. The first kappa shape index (κ1) is 24.7. The van der Waals surface area contributed by atoms with Crippen molar-refractivity contribution in [1.82, 2.24) is 15.4 Å². The number of fused-ring (bicyclic) bond motifs is 1. The maximum atomic E-state index is 12.0. The second-order valence-corrected chi connectivity index (χ2v) is 7.61. The number of ether oxygens (including phenoxy) is 3. The third kappa shape index (κ3) is 6.32. The van der Waals surface area contributed by atoms with Crippen molar-refractivity contribution >= 4 is 22.7 Å². The zero-order chi connectivity index (χ0) is 24.3. The van der Waals surface area contributed by atoms with Crippen molar-refractivity contribution < 1.29 is 23.8 Å². The number of nitrogens with one attached hydrogen (secondary N) is 1. The van der Waals surface area contributed by atoms with Crippen LogP contribution in [0.15, 0.2) is 36.4 Å². The Balaban J connectivity index is 1.49. The highest BCUT2D eigenvalue weighted by Crippen LogP contribution is 2.27. The molecule has 178 valence electrons. The molecule has 9 heteroatoms. The predicted molar refractivity (Wildman–Crippen MR) is 125 cm³/mol. The molecule has 1 N–H and O–H groups in total. The van der Waals surface area contributed by atoms with Gasteiger partial charge in [0.1, 0.15) is 17.5 Å². The maximum absolute atomic E-state index is 12.0. The third-order valence-electron chi connectivity index (χ3n) is 5.29. The minimum absolute atomic E-state index is 0.233. The maximum Gasteiger partial charge on any atom is 0.320 e. The normalized spacial score (nSPS) is 10.8. The van der Waals surface area contributed by atoms with Crippen LogP contribution in [0.5, 0.6) is 5.75 Å². The highest BCUT2D eigenvalue weighted by Gasteiger charge is 2.28. The van der Waals surface area contributed by atoms with E-state index in [2.05, 4.69) is 15.4 Å². The number of hydrogen-bond donors (Lipinski definition) is 1. The molecule has 0 atom stereocenters. The first-order valence-corrected chi connectivity index (χ1v) is 11.4. The van der Waals surface area contributed by atoms with Crippen LogP contribution in [-0.2, 0) is 19.1 Å². The zero-order valence-electron chi connectivity index (χ0n) is 19.4. The van der Waals surface area contributed by atoms with Gasteiger partial charge in [0.05, 0.1) is 19.8 Å². The van der Waals surface area contributed by atoms with Gasteiger partial charge in [0.25, 0.3) is 0 Å². The van der Waals surface area contributed by atoms with Gasteiger partial charge in [0.15, 0.2) is 11.6 Å². The molecule has 3 rings (SSSR count). The van der Waals surface area contributed by atoms with Crippen LogP contribution in [0.2, 0.25) is 0 Å². The van der Waals surface area contributed by atoms with E-state index in [0.717, 1.165) is 34.9 Å². The fraction of sp³-hybridized carbons (Fsp3) is 0.400. The fourth-order valence-electron chi connectivity index (χ4n) is 3.61. The summed E-state index contributed by atoms with van der Waals surface area (Å²) in [6, 6.07) is 13.7. The molecule has 3 aromatic rings. The average molecular weight is 465 g/mol. The van der Waals surface area contributed by atoms with Crippen LogP contribution < -0.4 is 4.74 Å². The van der Waals surface area contributed by atoms with Crippen LogP contribution in [0.4, 0.5) is 0 Å². The van der Waals surface area contributed by atoms with E-state index >= 15 is 0 Å². The lowest BCUT2D eigenvalue weighted by molar-refractivity contribution is -0.161. The quantitative estimate of drug-likeness (QED) is 0.240. The van der Waals surface area contributed by atoms with Gasteiger partial charge >= 0.3 is 11.9 Å². The van der Waals surface area contributed by atoms with Crippen LogP contribution in [-0.4, -0.2) is 47.2 Å². The number of rotatable bonds is 12. The number of H-pyrrole nitrogens is 1. The van der Waals surface area contributed by atoms with Gasteiger partial charge in [-0.05, 0) is 55.7 Å². The molecular formula is C25H28N4O5. The fourth-order valence-corrected chi connectivity index (χ4v) is 3.61. The Morgan fingerprint density at radius 2 is 1.68 bits per heavy atom. The molecule has 0 radical (unpaired) electrons. The molecule has 0 spiro atoms. The Hall–Kier alpha value is -3.93. The van der Waals surface area contributed by atoms with E-state index in [1.807, 2.05) is 42.5 Å². The predicted octanol–water partition coefficient (Wildman–Crippen LogP) is 4.18. The molecule has 0 saturated heterocycles. The number of unbranched alkanes of at least 4 members (excludes halogenated alkanes) is 2. The van der Waals surface area contributed by atoms with Gasteiger partial charge in [-0.25, -0.2) is 0 Å². The Labute approximate surface area is 198 Å². The Kier molecular flexibility index (Phi) is 8.97. The van der Waals surface area contributed by atoms with Gasteiger partial charge < -0.3 is 14.2 Å². The van der Waals surface area contributed by atoms with E-state index < -0.39 is 17.9 Å². The number of carbonyl (C=O) groups is 2. The standard InChI is InChI=1S/C25H28N4O5/c1-3-32-24(30)21(25(31)33-4-2)8-6-5-7-13-34-20-12-11-17-14-19(10-9-18(17)15-20)23-22(16-26)27-29-28-23/h9-12,14-15,21H,3-8,13H2,1-2H3,(H,27,28,29). The van der Waals surface area contributed by atoms with Crippen LogP contribution in [0.3, 0.4) is 0 Å². The number of aromatic nitrogens is 3. The summed E-state index contributed by atoms with van der Waals surface area (Å²) in [6.07, 6.45) is 2.69. The Morgan fingerprint density at radius 1 is 0.971 bits per heavy atom. The number of aromatic amines is 1. The van der Waals surface area contributed by atoms with Gasteiger partial charge in [-0.15, -0.1) is 5.10 Å². The summed E-state index contributed by atoms with van der Waals surface area (Å²) in [5.74, 6) is -1.16. The molecule has 0 amide bonds. The van der Waals surface area contributed by atoms with Gasteiger partial charge in [-0.2, -0.15) is 15.6 Å². The van der Waals surface area contributed by atoms with E-state index in [-0.39, 0.29) is 18.9 Å². The zero-order valence-corrected chi connectivity index (χ0v) is 19.4. The highest BCUT2D eigenvalue weighted by molar-refractivity contribution is 5.94. The summed E-state index contributed by atoms with van der Waals surface area (Å²) in [4.78, 5) is 24.0. The topological polar surface area (TPSA) is 127 Å². The van der Waals surface area contributed by atoms with Crippen molar-refractivity contribution in [2.75, 3.05) is 19.8 Å². The molecule has 0 unspecified atom stereocenters. The van der Waals surface area contributed by atoms with Crippen molar-refractivity contribution in [1.29, 1.82) is 5.26 Å². The van der Waals surface area contributed by atoms with Crippen molar-refractivity contribution in [3.05, 3.63) is 42.1 Å². The summed E-state index contributed by atoms with van der Waals surface area (Å²) in [6.45, 7) is 4.42. The molecule has 0 fully saturated rings. The number of carbonyl (C=O) groups excluding carboxylic acids is 2. The van der Waals surface area contributed by atoms with Crippen molar-refractivity contribution in [2.24, 2.45) is 5.92 Å². The molecule has 0 aliphatic heterocycles. The minimum Gasteiger partial charge on any atom is -0.494 e. The number of hydrogen-bond acceptors (Lipinski definition) is 8. The molecule has 0 bridgehead atoms. The van der Waals surface area contributed by atoms with Gasteiger partial charge in [0, 0.05) is 5.56 Å². The lowest BCUT2D eigenvalue weighted by Gasteiger charge is -2.14. The molecule has 0 aliphatic rings. The Bertz CT molecular complexity index is 1150. The summed E-state index contributed by atoms with van der Waals surface area (Å²) < 4.78 is 15.9. The molecule has 0 aliphatic carbocycles. The molecule has 9 nitrogen and oxygen atoms in total. The lowest BCUT2D eigenvalue weighted by atomic mass is 10.0. The molecular weight excluding hydrogens is 436 g/mol. The van der Waals surface area contributed by atoms with E-state index in [1.165, 1.54) is 0 Å². The van der Waals surface area contributed by atoms with Crippen LogP contribution in [0.25, 0.3) is 22.0 Å². The van der Waals surface area contributed by atoms with Gasteiger partial charge in [-0.3, -0.25) is 9.59 Å². The number of benzene rings is 2. The van der Waals surface area contributed by atoms with E-state index in [4.69, 9.17) is 19.5 Å². The molecule has 2 aromatic carbocycles. The van der Waals surface area contributed by atoms with E-state index in [1.54, 1.807) is 13.8 Å². The van der Waals surface area contributed by atoms with Crippen LogP contribution in [0.1, 0.15) is 45.2 Å². The second kappa shape index (κ2) is 12.3. The van der Waals surface area contributed by atoms with Gasteiger partial charge in [-0.1, -0.05) is 31.0 Å². The lowest BCUT2D eigenvalue weighted by Crippen LogP contribution is -2.28. The summed E-state index contributed by atoms with van der Waals surface area (Å²) in [5.41, 5.74) is 1.60. The summed E-state index contributed by atoms with van der Waals surface area (Å²) in [7, 11) is 0. The minimum atomic E-state index is -0.868. The second-order valence-electron chi connectivity index (χ2n) is 7.61. The van der Waals surface area contributed by atoms with Gasteiger partial charge in [0.2, 0.25) is 0 Å². The van der Waals surface area contributed by atoms with E-state index in [9.17, 15) is 9.59 Å². The first-order chi connectivity index (χ1) is 16.6. The molecule has 34 heavy (non-hydrogen) atoms. The highest BCUT2D eigenvalue weighted by atomic mass is 16.6. The molecule has 0 saturated carbocycles. The van der Waals surface area contributed by atoms with Crippen LogP contribution in [0, 0.1) is 17.2 Å². The van der Waals surface area contributed by atoms with Crippen molar-refractivity contribution in [2.45, 2.75) is 39.5 Å². The SMILES string of the molecule is CCOC(=O)C(CCCCCOc1ccc2cc(-c3n[nH]nc3C#N)ccc2c1)C(=O)OCC. The summed E-state index contributed by atoms with van der Waals surface area (Å²) >= 11 is 0. The molecule has 1 aromatic heterocycles. The number of nitriles is 1. The van der Waals surface area contributed by atoms with Crippen molar-refractivity contribution in [3.8, 4) is 23.1 Å². The third-order valence-corrected chi connectivity index (χ3v) is 5.29. The first-order valence-electron chi connectivity index (χ1n) is 11.4.